The average Bonchev–Trinajstić information content (AvgIpc) is 3.32. The van der Waals surface area contributed by atoms with Gasteiger partial charge in [0.15, 0.2) is 0 Å². The maximum atomic E-state index is 13.0. The number of carboxylic acid groups (broad SMARTS) is 1. The van der Waals surface area contributed by atoms with Crippen LogP contribution in [-0.4, -0.2) is 44.8 Å². The van der Waals surface area contributed by atoms with E-state index in [-0.39, 0.29) is 18.4 Å². The third-order valence-electron chi connectivity index (χ3n) is 5.06. The van der Waals surface area contributed by atoms with Gasteiger partial charge in [-0.25, -0.2) is 0 Å². The standard InChI is InChI=1S/C19H19N3O3S/c1-11-13-8-16(26-18(13)21(2)20-11)17(23)22-9-14(15(10-22)19(24)25)12-6-4-3-5-7-12/h3-8,14-15H,9-10H2,1-2H3,(H,24,25). The lowest BCUT2D eigenvalue weighted by molar-refractivity contribution is -0.141. The second kappa shape index (κ2) is 6.25. The minimum Gasteiger partial charge on any atom is -0.481 e. The number of amides is 1. The lowest BCUT2D eigenvalue weighted by atomic mass is 9.89. The average molecular weight is 369 g/mol. The first-order valence-electron chi connectivity index (χ1n) is 8.46. The van der Waals surface area contributed by atoms with E-state index in [0.717, 1.165) is 21.5 Å². The Morgan fingerprint density at radius 2 is 1.96 bits per heavy atom. The van der Waals surface area contributed by atoms with Crippen LogP contribution in [0.3, 0.4) is 0 Å². The van der Waals surface area contributed by atoms with Crippen molar-refractivity contribution in [3.05, 3.63) is 52.5 Å². The van der Waals surface area contributed by atoms with E-state index in [4.69, 9.17) is 0 Å². The Morgan fingerprint density at radius 3 is 2.62 bits per heavy atom. The van der Waals surface area contributed by atoms with Gasteiger partial charge in [-0.15, -0.1) is 11.3 Å². The molecule has 1 aliphatic rings. The third kappa shape index (κ3) is 2.68. The number of rotatable bonds is 3. The van der Waals surface area contributed by atoms with Gasteiger partial charge in [-0.1, -0.05) is 30.3 Å². The fourth-order valence-corrected chi connectivity index (χ4v) is 4.82. The number of aromatic nitrogens is 2. The summed E-state index contributed by atoms with van der Waals surface area (Å²) in [6.45, 7) is 2.58. The highest BCUT2D eigenvalue weighted by molar-refractivity contribution is 7.20. The zero-order chi connectivity index (χ0) is 18.4. The fraction of sp³-hybridized carbons (Fsp3) is 0.316. The topological polar surface area (TPSA) is 75.4 Å². The molecule has 3 heterocycles. The fourth-order valence-electron chi connectivity index (χ4n) is 3.72. The highest BCUT2D eigenvalue weighted by Crippen LogP contribution is 2.35. The molecular formula is C19H19N3O3S. The maximum absolute atomic E-state index is 13.0. The molecule has 0 saturated carbocycles. The molecule has 3 aromatic rings. The van der Waals surface area contributed by atoms with Crippen molar-refractivity contribution < 1.29 is 14.7 Å². The van der Waals surface area contributed by atoms with E-state index in [1.54, 1.807) is 9.58 Å². The maximum Gasteiger partial charge on any atom is 0.308 e. The Kier molecular flexibility index (Phi) is 4.03. The molecule has 7 heteroatoms. The van der Waals surface area contributed by atoms with Crippen molar-refractivity contribution in [1.82, 2.24) is 14.7 Å². The van der Waals surface area contributed by atoms with Crippen LogP contribution in [-0.2, 0) is 11.8 Å². The van der Waals surface area contributed by atoms with Crippen molar-refractivity contribution in [3.63, 3.8) is 0 Å². The van der Waals surface area contributed by atoms with Crippen LogP contribution in [0.4, 0.5) is 0 Å². The van der Waals surface area contributed by atoms with E-state index in [2.05, 4.69) is 5.10 Å². The van der Waals surface area contributed by atoms with Gasteiger partial charge in [0.1, 0.15) is 4.83 Å². The second-order valence-electron chi connectivity index (χ2n) is 6.71. The van der Waals surface area contributed by atoms with Crippen LogP contribution in [0.5, 0.6) is 0 Å². The van der Waals surface area contributed by atoms with E-state index < -0.39 is 11.9 Å². The van der Waals surface area contributed by atoms with Crippen LogP contribution in [0, 0.1) is 12.8 Å². The first kappa shape index (κ1) is 16.8. The number of aryl methyl sites for hydroxylation is 2. The number of hydrogen-bond donors (Lipinski definition) is 1. The highest BCUT2D eigenvalue weighted by atomic mass is 32.1. The predicted octanol–water partition coefficient (Wildman–Crippen LogP) is 2.88. The van der Waals surface area contributed by atoms with Gasteiger partial charge < -0.3 is 10.0 Å². The van der Waals surface area contributed by atoms with Crippen molar-refractivity contribution in [2.45, 2.75) is 12.8 Å². The number of nitrogens with zero attached hydrogens (tertiary/aromatic N) is 3. The van der Waals surface area contributed by atoms with Gasteiger partial charge in [-0.05, 0) is 18.6 Å². The number of thiophene rings is 1. The Balaban J connectivity index is 1.63. The summed E-state index contributed by atoms with van der Waals surface area (Å²) in [5, 5.41) is 15.0. The Bertz CT molecular complexity index is 958. The van der Waals surface area contributed by atoms with E-state index in [1.165, 1.54) is 11.3 Å². The van der Waals surface area contributed by atoms with Crippen LogP contribution in [0.15, 0.2) is 36.4 Å². The molecular weight excluding hydrogens is 350 g/mol. The second-order valence-corrected chi connectivity index (χ2v) is 7.74. The van der Waals surface area contributed by atoms with Crippen molar-refractivity contribution in [1.29, 1.82) is 0 Å². The van der Waals surface area contributed by atoms with E-state index >= 15 is 0 Å². The van der Waals surface area contributed by atoms with Gasteiger partial charge in [0, 0.05) is 31.4 Å². The molecule has 26 heavy (non-hydrogen) atoms. The number of hydrogen-bond acceptors (Lipinski definition) is 4. The number of carboxylic acids is 1. The molecule has 0 bridgehead atoms. The summed E-state index contributed by atoms with van der Waals surface area (Å²) in [7, 11) is 1.86. The van der Waals surface area contributed by atoms with Crippen LogP contribution in [0.2, 0.25) is 0 Å². The van der Waals surface area contributed by atoms with E-state index in [1.807, 2.05) is 50.4 Å². The first-order valence-corrected chi connectivity index (χ1v) is 9.27. The summed E-state index contributed by atoms with van der Waals surface area (Å²) >= 11 is 1.41. The zero-order valence-corrected chi connectivity index (χ0v) is 15.4. The van der Waals surface area contributed by atoms with Crippen molar-refractivity contribution in [2.24, 2.45) is 13.0 Å². The third-order valence-corrected chi connectivity index (χ3v) is 6.25. The summed E-state index contributed by atoms with van der Waals surface area (Å²) in [5.74, 6) is -1.73. The summed E-state index contributed by atoms with van der Waals surface area (Å²) in [6.07, 6.45) is 0. The number of fused-ring (bicyclic) bond motifs is 1. The number of carbonyl (C=O) groups is 2. The molecule has 2 unspecified atom stereocenters. The van der Waals surface area contributed by atoms with Gasteiger partial charge in [-0.2, -0.15) is 5.10 Å². The minimum absolute atomic E-state index is 0.102. The molecule has 1 fully saturated rings. The lowest BCUT2D eigenvalue weighted by Gasteiger charge is -2.15. The smallest absolute Gasteiger partial charge is 0.308 e. The minimum atomic E-state index is -0.856. The molecule has 4 rings (SSSR count). The largest absolute Gasteiger partial charge is 0.481 e. The zero-order valence-electron chi connectivity index (χ0n) is 14.5. The molecule has 0 radical (unpaired) electrons. The molecule has 1 N–H and O–H groups in total. The molecule has 0 spiro atoms. The Morgan fingerprint density at radius 1 is 1.23 bits per heavy atom. The molecule has 134 valence electrons. The van der Waals surface area contributed by atoms with Crippen LogP contribution >= 0.6 is 11.3 Å². The molecule has 2 atom stereocenters. The van der Waals surface area contributed by atoms with Crippen molar-refractivity contribution >= 4 is 33.4 Å². The first-order chi connectivity index (χ1) is 12.5. The van der Waals surface area contributed by atoms with Gasteiger partial charge in [0.2, 0.25) is 0 Å². The van der Waals surface area contributed by atoms with Gasteiger partial charge in [0.05, 0.1) is 16.5 Å². The van der Waals surface area contributed by atoms with Crippen molar-refractivity contribution in [2.75, 3.05) is 13.1 Å². The number of benzene rings is 1. The predicted molar refractivity (Wildman–Crippen MR) is 99.5 cm³/mol. The van der Waals surface area contributed by atoms with Gasteiger partial charge >= 0.3 is 5.97 Å². The molecule has 1 aliphatic heterocycles. The van der Waals surface area contributed by atoms with Crippen molar-refractivity contribution in [3.8, 4) is 0 Å². The normalized spacial score (nSPS) is 20.0. The number of carbonyl (C=O) groups excluding carboxylic acids is 1. The summed E-state index contributed by atoms with van der Waals surface area (Å²) in [5.41, 5.74) is 1.86. The van der Waals surface area contributed by atoms with Crippen LogP contribution in [0.1, 0.15) is 26.8 Å². The Labute approximate surface area is 154 Å². The van der Waals surface area contributed by atoms with Gasteiger partial charge in [0.25, 0.3) is 5.91 Å². The molecule has 1 aromatic carbocycles. The molecule has 6 nitrogen and oxygen atoms in total. The summed E-state index contributed by atoms with van der Waals surface area (Å²) in [6, 6.07) is 11.5. The van der Waals surface area contributed by atoms with E-state index in [0.29, 0.717) is 11.4 Å². The monoisotopic (exact) mass is 369 g/mol. The highest BCUT2D eigenvalue weighted by Gasteiger charge is 2.41. The lowest BCUT2D eigenvalue weighted by Crippen LogP contribution is -2.29. The summed E-state index contributed by atoms with van der Waals surface area (Å²) in [4.78, 5) is 28.0. The van der Waals surface area contributed by atoms with Crippen LogP contribution < -0.4 is 0 Å². The van der Waals surface area contributed by atoms with Crippen LogP contribution in [0.25, 0.3) is 10.2 Å². The molecule has 0 aliphatic carbocycles. The number of likely N-dealkylation sites (tertiary alicyclic amines) is 1. The summed E-state index contributed by atoms with van der Waals surface area (Å²) < 4.78 is 1.78. The molecule has 1 saturated heterocycles. The SMILES string of the molecule is Cc1nn(C)c2sc(C(=O)N3CC(C(=O)O)C(c4ccccc4)C3)cc12. The Hall–Kier alpha value is -2.67. The molecule has 2 aromatic heterocycles. The quantitative estimate of drug-likeness (QED) is 0.770. The van der Waals surface area contributed by atoms with Gasteiger partial charge in [-0.3, -0.25) is 14.3 Å². The van der Waals surface area contributed by atoms with E-state index in [9.17, 15) is 14.7 Å². The molecule has 1 amide bonds. The number of aliphatic carboxylic acids is 1.